The summed E-state index contributed by atoms with van der Waals surface area (Å²) in [5.74, 6) is 0.0963. The molecule has 0 bridgehead atoms. The van der Waals surface area contributed by atoms with Gasteiger partial charge >= 0.3 is 6.18 Å². The van der Waals surface area contributed by atoms with Crippen LogP contribution in [-0.2, 0) is 27.4 Å². The van der Waals surface area contributed by atoms with E-state index in [0.717, 1.165) is 17.8 Å². The van der Waals surface area contributed by atoms with Gasteiger partial charge in [0.15, 0.2) is 0 Å². The predicted octanol–water partition coefficient (Wildman–Crippen LogP) is 3.29. The van der Waals surface area contributed by atoms with Crippen molar-refractivity contribution < 1.29 is 26.4 Å². The van der Waals surface area contributed by atoms with Gasteiger partial charge in [0.05, 0.1) is 10.5 Å². The van der Waals surface area contributed by atoms with Gasteiger partial charge in [-0.15, -0.1) is 0 Å². The summed E-state index contributed by atoms with van der Waals surface area (Å²) < 4.78 is 63.9. The van der Waals surface area contributed by atoms with Gasteiger partial charge in [0.2, 0.25) is 15.9 Å². The first-order valence-electron chi connectivity index (χ1n) is 10.2. The summed E-state index contributed by atoms with van der Waals surface area (Å²) >= 11 is 0. The minimum atomic E-state index is -4.43. The van der Waals surface area contributed by atoms with Crippen LogP contribution in [0.4, 0.5) is 19.0 Å². The molecule has 0 fully saturated rings. The van der Waals surface area contributed by atoms with E-state index in [1.807, 2.05) is 0 Å². The lowest BCUT2D eigenvalue weighted by molar-refractivity contribution is -0.137. The molecule has 0 saturated heterocycles. The van der Waals surface area contributed by atoms with E-state index in [1.54, 1.807) is 38.1 Å². The van der Waals surface area contributed by atoms with E-state index in [9.17, 15) is 26.4 Å². The highest BCUT2D eigenvalue weighted by atomic mass is 32.2. The number of amides is 1. The van der Waals surface area contributed by atoms with Gasteiger partial charge in [0, 0.05) is 38.8 Å². The SMILES string of the molecule is CCN(CC)S(=O)(=O)c1ccc(CCC(=O)NCCNc2ccc(C(F)(F)F)cn2)cc1. The second kappa shape index (κ2) is 11.3. The molecule has 2 rings (SSSR count). The lowest BCUT2D eigenvalue weighted by Crippen LogP contribution is -2.30. The second-order valence-corrected chi connectivity index (χ2v) is 8.88. The summed E-state index contributed by atoms with van der Waals surface area (Å²) in [6.07, 6.45) is -3.01. The van der Waals surface area contributed by atoms with Crippen LogP contribution in [0.15, 0.2) is 47.5 Å². The maximum Gasteiger partial charge on any atom is 0.417 e. The van der Waals surface area contributed by atoms with Crippen LogP contribution < -0.4 is 10.6 Å². The zero-order valence-corrected chi connectivity index (χ0v) is 18.8. The summed E-state index contributed by atoms with van der Waals surface area (Å²) in [5.41, 5.74) is 0.0146. The third kappa shape index (κ3) is 7.20. The number of nitrogens with one attached hydrogen (secondary N) is 2. The number of alkyl halides is 3. The molecule has 11 heteroatoms. The van der Waals surface area contributed by atoms with Gasteiger partial charge in [0.25, 0.3) is 0 Å². The Morgan fingerprint density at radius 2 is 1.69 bits per heavy atom. The monoisotopic (exact) mass is 472 g/mol. The Kier molecular flexibility index (Phi) is 9.02. The summed E-state index contributed by atoms with van der Waals surface area (Å²) in [4.78, 5) is 15.9. The summed E-state index contributed by atoms with van der Waals surface area (Å²) in [5, 5.41) is 5.55. The topological polar surface area (TPSA) is 91.4 Å². The highest BCUT2D eigenvalue weighted by Crippen LogP contribution is 2.28. The molecule has 0 saturated carbocycles. The number of aromatic nitrogens is 1. The van der Waals surface area contributed by atoms with Crippen molar-refractivity contribution in [2.45, 2.75) is 37.8 Å². The number of nitrogens with zero attached hydrogens (tertiary/aromatic N) is 2. The number of hydrogen-bond acceptors (Lipinski definition) is 5. The van der Waals surface area contributed by atoms with Gasteiger partial charge in [-0.1, -0.05) is 26.0 Å². The van der Waals surface area contributed by atoms with Crippen molar-refractivity contribution in [1.82, 2.24) is 14.6 Å². The van der Waals surface area contributed by atoms with Crippen molar-refractivity contribution in [1.29, 1.82) is 0 Å². The Bertz CT molecular complexity index is 975. The number of carbonyl (C=O) groups is 1. The standard InChI is InChI=1S/C21H27F3N4O3S/c1-3-28(4-2)32(30,31)18-9-5-16(6-10-18)7-12-20(29)26-14-13-25-19-11-8-17(15-27-19)21(22,23)24/h5-6,8-11,15H,3-4,7,12-14H2,1-2H3,(H,25,27)(H,26,29). The van der Waals surface area contributed by atoms with Crippen molar-refractivity contribution >= 4 is 21.7 Å². The van der Waals surface area contributed by atoms with Gasteiger partial charge in [-0.25, -0.2) is 13.4 Å². The minimum Gasteiger partial charge on any atom is -0.368 e. The summed E-state index contributed by atoms with van der Waals surface area (Å²) in [6.45, 7) is 4.94. The third-order valence-corrected chi connectivity index (χ3v) is 6.82. The summed E-state index contributed by atoms with van der Waals surface area (Å²) in [7, 11) is -3.51. The zero-order valence-electron chi connectivity index (χ0n) is 17.9. The molecule has 1 aromatic heterocycles. The first-order valence-corrected chi connectivity index (χ1v) is 11.6. The Balaban J connectivity index is 1.74. The molecular weight excluding hydrogens is 445 g/mol. The number of anilines is 1. The highest BCUT2D eigenvalue weighted by Gasteiger charge is 2.30. The van der Waals surface area contributed by atoms with E-state index < -0.39 is 21.8 Å². The molecule has 0 radical (unpaired) electrons. The number of pyridine rings is 1. The third-order valence-electron chi connectivity index (χ3n) is 4.75. The molecule has 7 nitrogen and oxygen atoms in total. The molecule has 1 heterocycles. The Labute approximate surface area is 186 Å². The van der Waals surface area contributed by atoms with E-state index in [-0.39, 0.29) is 29.6 Å². The first kappa shape index (κ1) is 25.6. The molecule has 1 aromatic carbocycles. The largest absolute Gasteiger partial charge is 0.417 e. The van der Waals surface area contributed by atoms with Gasteiger partial charge in [-0.05, 0) is 36.2 Å². The number of rotatable bonds is 11. The number of hydrogen-bond donors (Lipinski definition) is 2. The van der Waals surface area contributed by atoms with Gasteiger partial charge in [0.1, 0.15) is 5.82 Å². The molecule has 1 amide bonds. The molecule has 0 aliphatic rings. The fourth-order valence-corrected chi connectivity index (χ4v) is 4.40. The fourth-order valence-electron chi connectivity index (χ4n) is 2.95. The van der Waals surface area contributed by atoms with Crippen LogP contribution in [0.1, 0.15) is 31.4 Å². The van der Waals surface area contributed by atoms with Crippen molar-refractivity contribution in [3.8, 4) is 0 Å². The number of halogens is 3. The maximum atomic E-state index is 12.5. The van der Waals surface area contributed by atoms with Crippen molar-refractivity contribution in [3.63, 3.8) is 0 Å². The van der Waals surface area contributed by atoms with Gasteiger partial charge < -0.3 is 10.6 Å². The Hall–Kier alpha value is -2.66. The van der Waals surface area contributed by atoms with E-state index in [2.05, 4.69) is 15.6 Å². The first-order chi connectivity index (χ1) is 15.1. The van der Waals surface area contributed by atoms with Crippen LogP contribution >= 0.6 is 0 Å². The quantitative estimate of drug-likeness (QED) is 0.490. The molecule has 0 unspecified atom stereocenters. The fraction of sp³-hybridized carbons (Fsp3) is 0.429. The zero-order chi connectivity index (χ0) is 23.8. The lowest BCUT2D eigenvalue weighted by Gasteiger charge is -2.18. The average Bonchev–Trinajstić information content (AvgIpc) is 2.76. The number of sulfonamides is 1. The van der Waals surface area contributed by atoms with Gasteiger partial charge in [-0.3, -0.25) is 4.79 Å². The van der Waals surface area contributed by atoms with Crippen LogP contribution in [0.5, 0.6) is 0 Å². The van der Waals surface area contributed by atoms with E-state index in [0.29, 0.717) is 26.1 Å². The van der Waals surface area contributed by atoms with Crippen LogP contribution in [0, 0.1) is 0 Å². The lowest BCUT2D eigenvalue weighted by atomic mass is 10.1. The van der Waals surface area contributed by atoms with Crippen LogP contribution in [0.3, 0.4) is 0 Å². The molecule has 2 aromatic rings. The average molecular weight is 473 g/mol. The molecule has 0 aliphatic heterocycles. The highest BCUT2D eigenvalue weighted by molar-refractivity contribution is 7.89. The van der Waals surface area contributed by atoms with Crippen LogP contribution in [0.2, 0.25) is 0 Å². The van der Waals surface area contributed by atoms with E-state index >= 15 is 0 Å². The number of carbonyl (C=O) groups excluding carboxylic acids is 1. The number of benzene rings is 1. The van der Waals surface area contributed by atoms with Crippen LogP contribution in [-0.4, -0.2) is 49.8 Å². The normalized spacial score (nSPS) is 12.1. The molecule has 32 heavy (non-hydrogen) atoms. The van der Waals surface area contributed by atoms with Crippen molar-refractivity contribution in [2.24, 2.45) is 0 Å². The van der Waals surface area contributed by atoms with E-state index in [4.69, 9.17) is 0 Å². The minimum absolute atomic E-state index is 0.188. The second-order valence-electron chi connectivity index (χ2n) is 6.94. The van der Waals surface area contributed by atoms with Gasteiger partial charge in [-0.2, -0.15) is 17.5 Å². The predicted molar refractivity (Wildman–Crippen MR) is 116 cm³/mol. The van der Waals surface area contributed by atoms with Crippen LogP contribution in [0.25, 0.3) is 0 Å². The van der Waals surface area contributed by atoms with Crippen molar-refractivity contribution in [2.75, 3.05) is 31.5 Å². The van der Waals surface area contributed by atoms with E-state index in [1.165, 1.54) is 10.4 Å². The molecule has 0 spiro atoms. The molecular formula is C21H27F3N4O3S. The molecule has 0 aliphatic carbocycles. The summed E-state index contributed by atoms with van der Waals surface area (Å²) in [6, 6.07) is 8.65. The Morgan fingerprint density at radius 3 is 2.22 bits per heavy atom. The molecule has 2 N–H and O–H groups in total. The smallest absolute Gasteiger partial charge is 0.368 e. The number of aryl methyl sites for hydroxylation is 1. The van der Waals surface area contributed by atoms with Crippen molar-refractivity contribution in [3.05, 3.63) is 53.7 Å². The Morgan fingerprint density at radius 1 is 1.03 bits per heavy atom. The maximum absolute atomic E-state index is 12.5. The molecule has 0 atom stereocenters. The molecule has 176 valence electrons.